The molecule has 0 aromatic rings. The number of aliphatic hydroxyl groups is 2. The van der Waals surface area contributed by atoms with E-state index in [4.69, 9.17) is 4.74 Å². The number of nitrogens with one attached hydrogen (secondary N) is 1. The molecular weight excluding hydrogens is 1090 g/mol. The first-order valence-corrected chi connectivity index (χ1v) is 41.1. The van der Waals surface area contributed by atoms with Crippen molar-refractivity contribution in [3.63, 3.8) is 0 Å². The number of carbonyl (C=O) groups excluding carboxylic acids is 2. The van der Waals surface area contributed by atoms with Crippen LogP contribution in [0.5, 0.6) is 0 Å². The fraction of sp³-hybridized carbons (Fsp3) is 0.928. The van der Waals surface area contributed by atoms with E-state index >= 15 is 0 Å². The molecule has 89 heavy (non-hydrogen) atoms. The predicted octanol–water partition coefficient (Wildman–Crippen LogP) is 27.2. The molecule has 0 aromatic heterocycles. The zero-order valence-corrected chi connectivity index (χ0v) is 60.7. The smallest absolute Gasteiger partial charge is 0.305 e. The van der Waals surface area contributed by atoms with Crippen LogP contribution < -0.4 is 5.32 Å². The fourth-order valence-electron chi connectivity index (χ4n) is 13.2. The van der Waals surface area contributed by atoms with Crippen molar-refractivity contribution in [3.05, 3.63) is 24.3 Å². The van der Waals surface area contributed by atoms with Crippen LogP contribution in [0.3, 0.4) is 0 Å². The lowest BCUT2D eigenvalue weighted by molar-refractivity contribution is -0.143. The molecule has 0 radical (unpaired) electrons. The third-order valence-electron chi connectivity index (χ3n) is 19.5. The van der Waals surface area contributed by atoms with Crippen LogP contribution in [0.15, 0.2) is 24.3 Å². The Morgan fingerprint density at radius 2 is 0.528 bits per heavy atom. The summed E-state index contributed by atoms with van der Waals surface area (Å²) >= 11 is 0. The van der Waals surface area contributed by atoms with Crippen LogP contribution in [-0.4, -0.2) is 47.4 Å². The summed E-state index contributed by atoms with van der Waals surface area (Å²) in [6.45, 7) is 4.96. The SMILES string of the molecule is CCCCCCCCCCCCCCCCCCCCCC/C=C/C(O)C(CO)NC(=O)CCCCCCCCCCCCCCCCCCC/C=C\CCCCCCCCCCCCCCCCOC(=O)CCCCCCCCCCCCCCCCC. The maximum absolute atomic E-state index is 12.6. The Kier molecular flexibility index (Phi) is 77.3. The Bertz CT molecular complexity index is 1400. The molecule has 528 valence electrons. The van der Waals surface area contributed by atoms with E-state index in [2.05, 4.69) is 31.3 Å². The molecule has 0 bridgehead atoms. The summed E-state index contributed by atoms with van der Waals surface area (Å²) in [7, 11) is 0. The lowest BCUT2D eigenvalue weighted by Gasteiger charge is -2.20. The van der Waals surface area contributed by atoms with Crippen LogP contribution in [-0.2, 0) is 14.3 Å². The fourth-order valence-corrected chi connectivity index (χ4v) is 13.2. The average Bonchev–Trinajstić information content (AvgIpc) is 3.57. The molecule has 3 N–H and O–H groups in total. The van der Waals surface area contributed by atoms with Gasteiger partial charge in [-0.05, 0) is 57.8 Å². The molecule has 0 fully saturated rings. The highest BCUT2D eigenvalue weighted by Gasteiger charge is 2.18. The molecule has 1 amide bonds. The van der Waals surface area contributed by atoms with Gasteiger partial charge in [-0.1, -0.05) is 423 Å². The Morgan fingerprint density at radius 1 is 0.303 bits per heavy atom. The number of unbranched alkanes of at least 4 members (excludes halogenated alkanes) is 65. The predicted molar refractivity (Wildman–Crippen MR) is 393 cm³/mol. The Morgan fingerprint density at radius 3 is 0.798 bits per heavy atom. The maximum atomic E-state index is 12.6. The third-order valence-corrected chi connectivity index (χ3v) is 19.5. The molecule has 0 heterocycles. The van der Waals surface area contributed by atoms with Gasteiger partial charge in [0.2, 0.25) is 5.91 Å². The molecule has 0 saturated heterocycles. The quantitative estimate of drug-likeness (QED) is 0.0320. The zero-order chi connectivity index (χ0) is 64.2. The molecule has 0 spiro atoms. The number of rotatable bonds is 78. The summed E-state index contributed by atoms with van der Waals surface area (Å²) in [5.41, 5.74) is 0. The number of esters is 1. The summed E-state index contributed by atoms with van der Waals surface area (Å²) in [6.07, 6.45) is 102. The van der Waals surface area contributed by atoms with E-state index in [1.807, 2.05) is 6.08 Å². The standard InChI is InChI=1S/C83H161NO5/c1-3-5-7-9-11-13-15-17-19-20-21-22-38-41-44-48-51-55-59-63-67-71-75-81(86)80(79-85)84-82(87)76-72-68-64-60-56-52-49-45-42-39-36-34-32-30-28-26-24-23-25-27-29-31-33-35-37-40-43-46-50-54-58-62-66-70-74-78-89-83(88)77-73-69-65-61-57-53-47-18-16-14-12-10-8-6-4-2/h25,27,71,75,80-81,85-86H,3-24,26,28-70,72-74,76-79H2,1-2H3,(H,84,87)/b27-25-,75-71+. The minimum Gasteiger partial charge on any atom is -0.466 e. The number of allylic oxidation sites excluding steroid dienone is 3. The van der Waals surface area contributed by atoms with Gasteiger partial charge in [0.25, 0.3) is 0 Å². The minimum atomic E-state index is -0.843. The van der Waals surface area contributed by atoms with E-state index < -0.39 is 12.1 Å². The molecule has 0 aromatic carbocycles. The first-order chi connectivity index (χ1) is 44.0. The number of carbonyl (C=O) groups is 2. The second-order valence-corrected chi connectivity index (χ2v) is 28.5. The lowest BCUT2D eigenvalue weighted by atomic mass is 10.0. The van der Waals surface area contributed by atoms with Gasteiger partial charge in [-0.3, -0.25) is 9.59 Å². The van der Waals surface area contributed by atoms with E-state index in [1.54, 1.807) is 6.08 Å². The van der Waals surface area contributed by atoms with Crippen molar-refractivity contribution < 1.29 is 24.5 Å². The summed E-state index contributed by atoms with van der Waals surface area (Å²) in [5, 5.41) is 23.3. The molecular formula is C83H161NO5. The van der Waals surface area contributed by atoms with Crippen LogP contribution in [0.1, 0.15) is 470 Å². The molecule has 0 aliphatic heterocycles. The summed E-state index contributed by atoms with van der Waals surface area (Å²) in [5.74, 6) is -0.0352. The number of hydrogen-bond donors (Lipinski definition) is 3. The highest BCUT2D eigenvalue weighted by molar-refractivity contribution is 5.76. The topological polar surface area (TPSA) is 95.9 Å². The van der Waals surface area contributed by atoms with Gasteiger partial charge in [-0.25, -0.2) is 0 Å². The summed E-state index contributed by atoms with van der Waals surface area (Å²) in [6, 6.07) is -0.626. The van der Waals surface area contributed by atoms with Crippen LogP contribution in [0.2, 0.25) is 0 Å². The Labute approximate surface area is 558 Å². The second kappa shape index (κ2) is 78.8. The molecule has 6 nitrogen and oxygen atoms in total. The van der Waals surface area contributed by atoms with Gasteiger partial charge in [0.1, 0.15) is 0 Å². The molecule has 0 aliphatic carbocycles. The van der Waals surface area contributed by atoms with E-state index in [1.165, 1.54) is 405 Å². The van der Waals surface area contributed by atoms with Gasteiger partial charge in [0.15, 0.2) is 0 Å². The van der Waals surface area contributed by atoms with Gasteiger partial charge in [-0.2, -0.15) is 0 Å². The number of ether oxygens (including phenoxy) is 1. The number of aliphatic hydroxyl groups excluding tert-OH is 2. The van der Waals surface area contributed by atoms with Crippen molar-refractivity contribution >= 4 is 11.9 Å². The molecule has 6 heteroatoms. The normalized spacial score (nSPS) is 12.5. The molecule has 0 rings (SSSR count). The zero-order valence-electron chi connectivity index (χ0n) is 60.7. The number of hydrogen-bond acceptors (Lipinski definition) is 5. The van der Waals surface area contributed by atoms with Crippen molar-refractivity contribution in [2.24, 2.45) is 0 Å². The van der Waals surface area contributed by atoms with Crippen molar-refractivity contribution in [1.82, 2.24) is 5.32 Å². The van der Waals surface area contributed by atoms with Gasteiger partial charge in [0.05, 0.1) is 25.4 Å². The Balaban J connectivity index is 3.35. The van der Waals surface area contributed by atoms with Crippen molar-refractivity contribution in [3.8, 4) is 0 Å². The van der Waals surface area contributed by atoms with E-state index in [9.17, 15) is 19.8 Å². The van der Waals surface area contributed by atoms with Crippen LogP contribution >= 0.6 is 0 Å². The van der Waals surface area contributed by atoms with Gasteiger partial charge in [0, 0.05) is 12.8 Å². The third kappa shape index (κ3) is 75.3. The van der Waals surface area contributed by atoms with Crippen molar-refractivity contribution in [1.29, 1.82) is 0 Å². The highest BCUT2D eigenvalue weighted by atomic mass is 16.5. The van der Waals surface area contributed by atoms with E-state index in [-0.39, 0.29) is 18.5 Å². The number of amides is 1. The highest BCUT2D eigenvalue weighted by Crippen LogP contribution is 2.20. The Hall–Kier alpha value is -1.66. The van der Waals surface area contributed by atoms with Crippen molar-refractivity contribution in [2.45, 2.75) is 482 Å². The lowest BCUT2D eigenvalue weighted by Crippen LogP contribution is -2.45. The van der Waals surface area contributed by atoms with Gasteiger partial charge < -0.3 is 20.3 Å². The average molecular weight is 1250 g/mol. The van der Waals surface area contributed by atoms with E-state index in [0.717, 1.165) is 38.5 Å². The van der Waals surface area contributed by atoms with Crippen LogP contribution in [0.25, 0.3) is 0 Å². The van der Waals surface area contributed by atoms with Crippen LogP contribution in [0, 0.1) is 0 Å². The molecule has 2 unspecified atom stereocenters. The van der Waals surface area contributed by atoms with Crippen LogP contribution in [0.4, 0.5) is 0 Å². The summed E-state index contributed by atoms with van der Waals surface area (Å²) in [4.78, 5) is 24.6. The first-order valence-electron chi connectivity index (χ1n) is 41.1. The first kappa shape index (κ1) is 87.3. The molecule has 2 atom stereocenters. The molecule has 0 saturated carbocycles. The molecule has 0 aliphatic rings. The largest absolute Gasteiger partial charge is 0.466 e. The van der Waals surface area contributed by atoms with Gasteiger partial charge >= 0.3 is 5.97 Å². The monoisotopic (exact) mass is 1250 g/mol. The van der Waals surface area contributed by atoms with Crippen molar-refractivity contribution in [2.75, 3.05) is 13.2 Å². The van der Waals surface area contributed by atoms with E-state index in [0.29, 0.717) is 19.4 Å². The maximum Gasteiger partial charge on any atom is 0.305 e. The summed E-state index contributed by atoms with van der Waals surface area (Å²) < 4.78 is 5.51. The minimum absolute atomic E-state index is 0.0240. The second-order valence-electron chi connectivity index (χ2n) is 28.5. The van der Waals surface area contributed by atoms with Gasteiger partial charge in [-0.15, -0.1) is 0 Å².